The van der Waals surface area contributed by atoms with E-state index in [1.165, 1.54) is 0 Å². The molecule has 0 unspecified atom stereocenters. The summed E-state index contributed by atoms with van der Waals surface area (Å²) in [5.41, 5.74) is -0.184. The third-order valence-corrected chi connectivity index (χ3v) is 2.29. The molecule has 0 N–H and O–H groups in total. The van der Waals surface area contributed by atoms with Crippen LogP contribution in [0.1, 0.15) is 46.5 Å². The van der Waals surface area contributed by atoms with Gasteiger partial charge in [-0.05, 0) is 19.3 Å². The Morgan fingerprint density at radius 3 is 2.09 bits per heavy atom. The van der Waals surface area contributed by atoms with E-state index in [-0.39, 0.29) is 5.60 Å². The zero-order valence-electron chi connectivity index (χ0n) is 7.72. The van der Waals surface area contributed by atoms with E-state index in [1.807, 2.05) is 0 Å². The quantitative estimate of drug-likeness (QED) is 0.555. The van der Waals surface area contributed by atoms with E-state index < -0.39 is 0 Å². The van der Waals surface area contributed by atoms with Gasteiger partial charge in [0.1, 0.15) is 5.60 Å². The van der Waals surface area contributed by atoms with Gasteiger partial charge in [-0.25, -0.2) is 0 Å². The van der Waals surface area contributed by atoms with Crippen LogP contribution in [0.4, 0.5) is 0 Å². The average Bonchev–Trinajstić information content (AvgIpc) is 2.04. The summed E-state index contributed by atoms with van der Waals surface area (Å²) in [6, 6.07) is 0. The van der Waals surface area contributed by atoms with Gasteiger partial charge in [-0.3, -0.25) is 4.79 Å². The molecule has 0 rings (SSSR count). The molecule has 0 bridgehead atoms. The summed E-state index contributed by atoms with van der Waals surface area (Å²) in [5, 5.41) is 0. The molecule has 2 heteroatoms. The third-order valence-electron chi connectivity index (χ3n) is 2.29. The topological polar surface area (TPSA) is 26.3 Å². The van der Waals surface area contributed by atoms with Crippen molar-refractivity contribution in [3.05, 3.63) is 0 Å². The Kier molecular flexibility index (Phi) is 4.92. The molecular weight excluding hydrogens is 140 g/mol. The molecule has 0 fully saturated rings. The van der Waals surface area contributed by atoms with Crippen molar-refractivity contribution in [2.75, 3.05) is 0 Å². The summed E-state index contributed by atoms with van der Waals surface area (Å²) < 4.78 is 5.09. The summed E-state index contributed by atoms with van der Waals surface area (Å²) in [7, 11) is 0. The second-order valence-electron chi connectivity index (χ2n) is 2.85. The Morgan fingerprint density at radius 2 is 1.82 bits per heavy atom. The Labute approximate surface area is 68.9 Å². The molecule has 0 spiro atoms. The molecule has 0 amide bonds. The van der Waals surface area contributed by atoms with Crippen molar-refractivity contribution in [1.29, 1.82) is 0 Å². The minimum absolute atomic E-state index is 0.184. The molecule has 0 aliphatic heterocycles. The van der Waals surface area contributed by atoms with E-state index in [9.17, 15) is 4.79 Å². The van der Waals surface area contributed by atoms with Crippen LogP contribution in [0.3, 0.4) is 0 Å². The van der Waals surface area contributed by atoms with E-state index in [1.54, 1.807) is 0 Å². The first-order chi connectivity index (χ1) is 5.24. The highest BCUT2D eigenvalue weighted by Crippen LogP contribution is 2.25. The first-order valence-corrected chi connectivity index (χ1v) is 4.36. The third kappa shape index (κ3) is 2.91. The molecule has 0 radical (unpaired) electrons. The van der Waals surface area contributed by atoms with Crippen LogP contribution >= 0.6 is 0 Å². The molecule has 0 atom stereocenters. The summed E-state index contributed by atoms with van der Waals surface area (Å²) >= 11 is 0. The maximum atomic E-state index is 10.2. The molecule has 11 heavy (non-hydrogen) atoms. The van der Waals surface area contributed by atoms with E-state index >= 15 is 0 Å². The molecule has 2 nitrogen and oxygen atoms in total. The van der Waals surface area contributed by atoms with Gasteiger partial charge < -0.3 is 4.74 Å². The Balaban J connectivity index is 4.06. The van der Waals surface area contributed by atoms with Crippen LogP contribution in [0.2, 0.25) is 0 Å². The van der Waals surface area contributed by atoms with Gasteiger partial charge in [-0.2, -0.15) is 0 Å². The van der Waals surface area contributed by atoms with Crippen molar-refractivity contribution in [1.82, 2.24) is 0 Å². The molecule has 0 saturated carbocycles. The Hall–Kier alpha value is -0.530. The largest absolute Gasteiger partial charge is 0.461 e. The standard InChI is InChI=1S/C9H18O2/c1-4-7-9(5-2,6-3)11-8-10/h8H,4-7H2,1-3H3. The predicted octanol–water partition coefficient (Wildman–Crippen LogP) is 2.52. The van der Waals surface area contributed by atoms with Crippen LogP contribution < -0.4 is 0 Å². The molecule has 0 aromatic carbocycles. The van der Waals surface area contributed by atoms with Gasteiger partial charge in [0.2, 0.25) is 0 Å². The number of rotatable bonds is 6. The molecule has 0 aromatic heterocycles. The van der Waals surface area contributed by atoms with Gasteiger partial charge in [0.15, 0.2) is 0 Å². The van der Waals surface area contributed by atoms with E-state index in [0.717, 1.165) is 25.7 Å². The van der Waals surface area contributed by atoms with Crippen LogP contribution in [0.25, 0.3) is 0 Å². The second-order valence-corrected chi connectivity index (χ2v) is 2.85. The van der Waals surface area contributed by atoms with Crippen LogP contribution in [0.15, 0.2) is 0 Å². The number of ether oxygens (including phenoxy) is 1. The van der Waals surface area contributed by atoms with Crippen molar-refractivity contribution in [3.8, 4) is 0 Å². The van der Waals surface area contributed by atoms with Crippen LogP contribution in [0, 0.1) is 0 Å². The molecular formula is C9H18O2. The van der Waals surface area contributed by atoms with Crippen molar-refractivity contribution in [3.63, 3.8) is 0 Å². The molecule has 0 aliphatic rings. The lowest BCUT2D eigenvalue weighted by molar-refractivity contribution is -0.145. The fourth-order valence-corrected chi connectivity index (χ4v) is 1.39. The lowest BCUT2D eigenvalue weighted by atomic mass is 9.92. The SMILES string of the molecule is CCCC(CC)(CC)OC=O. The highest BCUT2D eigenvalue weighted by Gasteiger charge is 2.25. The van der Waals surface area contributed by atoms with Crippen molar-refractivity contribution >= 4 is 6.47 Å². The summed E-state index contributed by atoms with van der Waals surface area (Å²) in [4.78, 5) is 10.2. The summed E-state index contributed by atoms with van der Waals surface area (Å²) in [6.45, 7) is 6.79. The fourth-order valence-electron chi connectivity index (χ4n) is 1.39. The zero-order valence-corrected chi connectivity index (χ0v) is 7.72. The summed E-state index contributed by atoms with van der Waals surface area (Å²) in [6.07, 6.45) is 3.86. The van der Waals surface area contributed by atoms with Gasteiger partial charge in [-0.15, -0.1) is 0 Å². The highest BCUT2D eigenvalue weighted by molar-refractivity contribution is 5.38. The average molecular weight is 158 g/mol. The van der Waals surface area contributed by atoms with Crippen molar-refractivity contribution < 1.29 is 9.53 Å². The lowest BCUT2D eigenvalue weighted by Gasteiger charge is -2.29. The second kappa shape index (κ2) is 5.16. The molecule has 66 valence electrons. The highest BCUT2D eigenvalue weighted by atomic mass is 16.5. The minimum atomic E-state index is -0.184. The maximum Gasteiger partial charge on any atom is 0.293 e. The van der Waals surface area contributed by atoms with Crippen molar-refractivity contribution in [2.24, 2.45) is 0 Å². The van der Waals surface area contributed by atoms with E-state index in [2.05, 4.69) is 20.8 Å². The van der Waals surface area contributed by atoms with E-state index in [0.29, 0.717) is 6.47 Å². The predicted molar refractivity (Wildman–Crippen MR) is 45.4 cm³/mol. The normalized spacial score (nSPS) is 11.2. The summed E-state index contributed by atoms with van der Waals surface area (Å²) in [5.74, 6) is 0. The van der Waals surface area contributed by atoms with Crippen molar-refractivity contribution in [2.45, 2.75) is 52.1 Å². The van der Waals surface area contributed by atoms with Crippen LogP contribution in [-0.4, -0.2) is 12.1 Å². The smallest absolute Gasteiger partial charge is 0.293 e. The lowest BCUT2D eigenvalue weighted by Crippen LogP contribution is -2.30. The van der Waals surface area contributed by atoms with Gasteiger partial charge in [0.05, 0.1) is 0 Å². The minimum Gasteiger partial charge on any atom is -0.461 e. The molecule has 0 saturated heterocycles. The number of carbonyl (C=O) groups is 1. The number of carbonyl (C=O) groups excluding carboxylic acids is 1. The Morgan fingerprint density at radius 1 is 1.27 bits per heavy atom. The fraction of sp³-hybridized carbons (Fsp3) is 0.889. The van der Waals surface area contributed by atoms with Crippen LogP contribution in [-0.2, 0) is 9.53 Å². The monoisotopic (exact) mass is 158 g/mol. The van der Waals surface area contributed by atoms with Gasteiger partial charge >= 0.3 is 0 Å². The Bertz CT molecular complexity index is 106. The van der Waals surface area contributed by atoms with Crippen LogP contribution in [0.5, 0.6) is 0 Å². The van der Waals surface area contributed by atoms with Gasteiger partial charge in [0, 0.05) is 0 Å². The molecule has 0 heterocycles. The number of hydrogen-bond acceptors (Lipinski definition) is 2. The molecule has 0 aliphatic carbocycles. The zero-order chi connectivity index (χ0) is 8.74. The van der Waals surface area contributed by atoms with Gasteiger partial charge in [0.25, 0.3) is 6.47 Å². The first kappa shape index (κ1) is 10.5. The van der Waals surface area contributed by atoms with Gasteiger partial charge in [-0.1, -0.05) is 27.2 Å². The first-order valence-electron chi connectivity index (χ1n) is 4.36. The number of hydrogen-bond donors (Lipinski definition) is 0. The molecule has 0 aromatic rings. The maximum absolute atomic E-state index is 10.2. The van der Waals surface area contributed by atoms with E-state index in [4.69, 9.17) is 4.74 Å².